The summed E-state index contributed by atoms with van der Waals surface area (Å²) >= 11 is 0. The van der Waals surface area contributed by atoms with Gasteiger partial charge in [-0.1, -0.05) is 0 Å². The van der Waals surface area contributed by atoms with E-state index in [9.17, 15) is 20.1 Å². The van der Waals surface area contributed by atoms with E-state index in [4.69, 9.17) is 9.47 Å². The summed E-state index contributed by atoms with van der Waals surface area (Å²) in [4.78, 5) is 11.0. The van der Waals surface area contributed by atoms with E-state index in [2.05, 4.69) is 0 Å². The number of fused-ring (bicyclic) bond motifs is 5. The van der Waals surface area contributed by atoms with E-state index in [0.29, 0.717) is 11.1 Å². The van der Waals surface area contributed by atoms with E-state index in [1.165, 1.54) is 18.5 Å². The third-order valence-electron chi connectivity index (χ3n) is 3.52. The van der Waals surface area contributed by atoms with Gasteiger partial charge in [0.1, 0.15) is 18.3 Å². The minimum atomic E-state index is -1.04. The fourth-order valence-electron chi connectivity index (χ4n) is 2.73. The van der Waals surface area contributed by atoms with Crippen LogP contribution in [0.15, 0.2) is 0 Å². The number of aromatic nitrogens is 1. The largest absolute Gasteiger partial charge is 0.494 e. The summed E-state index contributed by atoms with van der Waals surface area (Å²) in [6.45, 7) is 1.24. The Balaban J connectivity index is 2.08. The zero-order chi connectivity index (χ0) is 13.2. The van der Waals surface area contributed by atoms with Crippen molar-refractivity contribution in [3.05, 3.63) is 11.1 Å². The van der Waals surface area contributed by atoms with E-state index in [1.54, 1.807) is 0 Å². The van der Waals surface area contributed by atoms with Gasteiger partial charge in [0.25, 0.3) is 0 Å². The molecule has 3 N–H and O–H groups in total. The monoisotopic (exact) mass is 255 g/mol. The van der Waals surface area contributed by atoms with Crippen molar-refractivity contribution in [2.75, 3.05) is 0 Å². The summed E-state index contributed by atoms with van der Waals surface area (Å²) in [5.41, 5.74) is 0.757. The summed E-state index contributed by atoms with van der Waals surface area (Å²) in [7, 11) is 1.50. The van der Waals surface area contributed by atoms with E-state index in [1.807, 2.05) is 0 Å². The fourth-order valence-corrected chi connectivity index (χ4v) is 2.73. The zero-order valence-electron chi connectivity index (χ0n) is 9.82. The van der Waals surface area contributed by atoms with Gasteiger partial charge in [0, 0.05) is 14.0 Å². The number of rotatable bonds is 1. The Kier molecular flexibility index (Phi) is 2.14. The molecular weight excluding hydrogens is 242 g/mol. The first-order chi connectivity index (χ1) is 8.43. The van der Waals surface area contributed by atoms with Crippen molar-refractivity contribution < 1.29 is 29.6 Å². The van der Waals surface area contributed by atoms with Crippen LogP contribution in [-0.4, -0.2) is 38.1 Å². The fraction of sp³-hybridized carbons (Fsp3) is 0.545. The number of nitrogens with zero attached hydrogens (tertiary/aromatic N) is 1. The van der Waals surface area contributed by atoms with E-state index in [-0.39, 0.29) is 11.8 Å². The van der Waals surface area contributed by atoms with Crippen LogP contribution in [0.2, 0.25) is 0 Å². The van der Waals surface area contributed by atoms with Crippen LogP contribution in [-0.2, 0) is 21.3 Å². The van der Waals surface area contributed by atoms with Gasteiger partial charge in [-0.3, -0.25) is 9.36 Å². The highest BCUT2D eigenvalue weighted by Gasteiger charge is 2.57. The normalized spacial score (nSPS) is 32.6. The molecule has 2 bridgehead atoms. The Labute approximate surface area is 102 Å². The van der Waals surface area contributed by atoms with Gasteiger partial charge in [-0.15, -0.1) is 0 Å². The Bertz CT molecular complexity index is 536. The molecule has 2 aliphatic heterocycles. The minimum Gasteiger partial charge on any atom is -0.494 e. The second-order valence-corrected chi connectivity index (χ2v) is 4.58. The Morgan fingerprint density at radius 3 is 2.39 bits per heavy atom. The standard InChI is InChI=1S/C11H13NO6/c1-3(13)17-9-6(14)7-4-5(8(9)18-7)11(16)12(2)10(4)15/h6-9,14-16H,1-2H3. The van der Waals surface area contributed by atoms with Crippen LogP contribution < -0.4 is 0 Å². The molecule has 0 saturated carbocycles. The molecule has 4 unspecified atom stereocenters. The number of hydrogen-bond acceptors (Lipinski definition) is 6. The number of aromatic hydroxyl groups is 2. The molecule has 1 aromatic rings. The van der Waals surface area contributed by atoms with Gasteiger partial charge in [-0.05, 0) is 0 Å². The molecule has 7 heteroatoms. The lowest BCUT2D eigenvalue weighted by Crippen LogP contribution is -2.34. The quantitative estimate of drug-likeness (QED) is 0.603. The molecule has 4 atom stereocenters. The number of carbonyl (C=O) groups is 1. The summed E-state index contributed by atoms with van der Waals surface area (Å²) < 4.78 is 11.7. The molecule has 3 heterocycles. The van der Waals surface area contributed by atoms with Gasteiger partial charge in [0.05, 0.1) is 11.1 Å². The third kappa shape index (κ3) is 1.17. The van der Waals surface area contributed by atoms with Crippen molar-refractivity contribution in [2.45, 2.75) is 31.3 Å². The number of aliphatic hydroxyl groups excluding tert-OH is 1. The maximum Gasteiger partial charge on any atom is 0.303 e. The first-order valence-corrected chi connectivity index (χ1v) is 5.54. The lowest BCUT2D eigenvalue weighted by Gasteiger charge is -2.23. The van der Waals surface area contributed by atoms with E-state index >= 15 is 0 Å². The summed E-state index contributed by atoms with van der Waals surface area (Å²) in [6, 6.07) is 0. The van der Waals surface area contributed by atoms with Crippen LogP contribution in [0.25, 0.3) is 0 Å². The van der Waals surface area contributed by atoms with Crippen molar-refractivity contribution >= 4 is 5.97 Å². The third-order valence-corrected chi connectivity index (χ3v) is 3.52. The lowest BCUT2D eigenvalue weighted by atomic mass is 9.90. The van der Waals surface area contributed by atoms with Gasteiger partial charge in [-0.2, -0.15) is 0 Å². The molecule has 0 aromatic carbocycles. The molecule has 1 aromatic heterocycles. The second kappa shape index (κ2) is 3.39. The van der Waals surface area contributed by atoms with Gasteiger partial charge in [0.2, 0.25) is 0 Å². The molecule has 18 heavy (non-hydrogen) atoms. The zero-order valence-corrected chi connectivity index (χ0v) is 9.82. The molecular formula is C11H13NO6. The lowest BCUT2D eigenvalue weighted by molar-refractivity contribution is -0.153. The van der Waals surface area contributed by atoms with Gasteiger partial charge < -0.3 is 24.8 Å². The summed E-state index contributed by atoms with van der Waals surface area (Å²) in [6.07, 6.45) is -3.41. The van der Waals surface area contributed by atoms with Crippen LogP contribution in [0.5, 0.6) is 11.8 Å². The van der Waals surface area contributed by atoms with Gasteiger partial charge >= 0.3 is 5.97 Å². The van der Waals surface area contributed by atoms with Gasteiger partial charge in [0.15, 0.2) is 17.9 Å². The summed E-state index contributed by atoms with van der Waals surface area (Å²) in [5, 5.41) is 29.7. The number of esters is 1. The molecule has 3 rings (SSSR count). The number of ether oxygens (including phenoxy) is 2. The Morgan fingerprint density at radius 2 is 1.83 bits per heavy atom. The molecule has 0 aliphatic carbocycles. The highest BCUT2D eigenvalue weighted by molar-refractivity contribution is 5.67. The minimum absolute atomic E-state index is 0.140. The summed E-state index contributed by atoms with van der Waals surface area (Å²) in [5.74, 6) is -0.814. The molecule has 0 radical (unpaired) electrons. The van der Waals surface area contributed by atoms with Crippen molar-refractivity contribution in [3.63, 3.8) is 0 Å². The predicted octanol–water partition coefficient (Wildman–Crippen LogP) is -0.145. The van der Waals surface area contributed by atoms with Crippen LogP contribution in [0.3, 0.4) is 0 Å². The highest BCUT2D eigenvalue weighted by atomic mass is 16.6. The first-order valence-electron chi connectivity index (χ1n) is 5.54. The molecule has 1 fully saturated rings. The van der Waals surface area contributed by atoms with Crippen molar-refractivity contribution in [2.24, 2.45) is 7.05 Å². The second-order valence-electron chi connectivity index (χ2n) is 4.58. The van der Waals surface area contributed by atoms with Gasteiger partial charge in [-0.25, -0.2) is 0 Å². The molecule has 98 valence electrons. The highest BCUT2D eigenvalue weighted by Crippen LogP contribution is 2.58. The number of hydrogen-bond donors (Lipinski definition) is 3. The molecule has 2 aliphatic rings. The molecule has 7 nitrogen and oxygen atoms in total. The maximum absolute atomic E-state index is 11.0. The van der Waals surface area contributed by atoms with Crippen LogP contribution in [0.1, 0.15) is 30.3 Å². The number of aliphatic hydroxyl groups is 1. The van der Waals surface area contributed by atoms with Crippen molar-refractivity contribution in [1.82, 2.24) is 4.57 Å². The van der Waals surface area contributed by atoms with E-state index < -0.39 is 30.4 Å². The van der Waals surface area contributed by atoms with Crippen LogP contribution >= 0.6 is 0 Å². The smallest absolute Gasteiger partial charge is 0.303 e. The SMILES string of the molecule is CC(=O)OC1C2OC(c3c2c(O)n(C)c3O)C1O. The molecule has 0 spiro atoms. The Morgan fingerprint density at radius 1 is 1.28 bits per heavy atom. The first kappa shape index (κ1) is 11.4. The number of carbonyl (C=O) groups excluding carboxylic acids is 1. The average Bonchev–Trinajstić information content (AvgIpc) is 2.89. The Hall–Kier alpha value is -1.73. The van der Waals surface area contributed by atoms with Crippen LogP contribution in [0.4, 0.5) is 0 Å². The predicted molar refractivity (Wildman–Crippen MR) is 56.9 cm³/mol. The van der Waals surface area contributed by atoms with E-state index in [0.717, 1.165) is 0 Å². The van der Waals surface area contributed by atoms with Crippen molar-refractivity contribution in [3.8, 4) is 11.8 Å². The maximum atomic E-state index is 11.0. The average molecular weight is 255 g/mol. The van der Waals surface area contributed by atoms with Crippen LogP contribution in [0, 0.1) is 0 Å². The molecule has 1 saturated heterocycles. The topological polar surface area (TPSA) is 101 Å². The van der Waals surface area contributed by atoms with Crippen molar-refractivity contribution in [1.29, 1.82) is 0 Å². The molecule has 0 amide bonds.